The second kappa shape index (κ2) is 5.02. The first-order chi connectivity index (χ1) is 9.68. The third-order valence-corrected chi connectivity index (χ3v) is 3.27. The third kappa shape index (κ3) is 2.06. The zero-order valence-corrected chi connectivity index (χ0v) is 11.1. The number of aromatic nitrogens is 1. The molecule has 98 valence electrons. The van der Waals surface area contributed by atoms with E-state index in [2.05, 4.69) is 4.98 Å². The van der Waals surface area contributed by atoms with Crippen molar-refractivity contribution in [1.29, 1.82) is 0 Å². The Kier molecular flexibility index (Phi) is 3.20. The largest absolute Gasteiger partial charge is 0.275 e. The molecule has 0 bridgehead atoms. The van der Waals surface area contributed by atoms with Crippen molar-refractivity contribution in [2.45, 2.75) is 0 Å². The fourth-order valence-electron chi connectivity index (χ4n) is 2.17. The van der Waals surface area contributed by atoms with E-state index in [0.717, 1.165) is 0 Å². The molecule has 1 heterocycles. The number of carbonyl (C=O) groups is 1. The van der Waals surface area contributed by atoms with Gasteiger partial charge in [0.1, 0.15) is 5.69 Å². The van der Waals surface area contributed by atoms with E-state index >= 15 is 0 Å². The lowest BCUT2D eigenvalue weighted by molar-refractivity contribution is 0.107. The van der Waals surface area contributed by atoms with Crippen LogP contribution in [0.25, 0.3) is 22.2 Å². The van der Waals surface area contributed by atoms with Gasteiger partial charge in [0.2, 0.25) is 0 Å². The summed E-state index contributed by atoms with van der Waals surface area (Å²) in [6.45, 7) is 0. The van der Waals surface area contributed by atoms with Gasteiger partial charge in [0, 0.05) is 10.9 Å². The molecule has 3 aromatic rings. The molecule has 0 aliphatic heterocycles. The Bertz CT molecular complexity index is 802. The Hall–Kier alpha value is -2.26. The molecule has 0 radical (unpaired) electrons. The van der Waals surface area contributed by atoms with Crippen LogP contribution in [0.15, 0.2) is 54.6 Å². The number of para-hydroxylation sites is 1. The molecule has 2 aromatic carbocycles. The number of nitrogens with zero attached hydrogens (tertiary/aromatic N) is 1. The molecule has 0 spiro atoms. The maximum Gasteiger partial charge on any atom is 0.256 e. The van der Waals surface area contributed by atoms with Gasteiger partial charge in [-0.1, -0.05) is 48.5 Å². The van der Waals surface area contributed by atoms with E-state index in [1.165, 1.54) is 0 Å². The number of hydrogen-bond donors (Lipinski definition) is 0. The summed E-state index contributed by atoms with van der Waals surface area (Å²) in [6.07, 6.45) is 0. The van der Waals surface area contributed by atoms with Crippen LogP contribution < -0.4 is 0 Å². The Morgan fingerprint density at radius 1 is 1.00 bits per heavy atom. The monoisotopic (exact) mass is 285 g/mol. The molecule has 4 heteroatoms. The van der Waals surface area contributed by atoms with E-state index in [1.54, 1.807) is 48.5 Å². The van der Waals surface area contributed by atoms with Crippen LogP contribution in [0.2, 0.25) is 0 Å². The van der Waals surface area contributed by atoms with Gasteiger partial charge < -0.3 is 0 Å². The van der Waals surface area contributed by atoms with Gasteiger partial charge in [-0.2, -0.15) is 0 Å². The van der Waals surface area contributed by atoms with E-state index in [1.807, 2.05) is 6.07 Å². The minimum Gasteiger partial charge on any atom is -0.275 e. The number of hydrogen-bond acceptors (Lipinski definition) is 2. The van der Waals surface area contributed by atoms with Crippen molar-refractivity contribution in [1.82, 2.24) is 4.98 Å². The van der Waals surface area contributed by atoms with E-state index in [4.69, 9.17) is 11.6 Å². The van der Waals surface area contributed by atoms with Crippen molar-refractivity contribution >= 4 is 27.7 Å². The minimum atomic E-state index is -0.821. The molecule has 0 fully saturated rings. The number of pyridine rings is 1. The highest BCUT2D eigenvalue weighted by Gasteiger charge is 2.20. The first-order valence-electron chi connectivity index (χ1n) is 6.02. The van der Waals surface area contributed by atoms with Crippen LogP contribution in [0.1, 0.15) is 10.4 Å². The topological polar surface area (TPSA) is 30.0 Å². The lowest BCUT2D eigenvalue weighted by Crippen LogP contribution is -2.02. The second-order valence-electron chi connectivity index (χ2n) is 4.31. The summed E-state index contributed by atoms with van der Waals surface area (Å²) in [5.41, 5.74) is 1.15. The average Bonchev–Trinajstić information content (AvgIpc) is 2.47. The highest BCUT2D eigenvalue weighted by molar-refractivity contribution is 6.68. The quantitative estimate of drug-likeness (QED) is 0.652. The minimum absolute atomic E-state index is 0.129. The summed E-state index contributed by atoms with van der Waals surface area (Å²) in [5, 5.41) is -0.400. The highest BCUT2D eigenvalue weighted by Crippen LogP contribution is 2.29. The molecule has 0 unspecified atom stereocenters. The van der Waals surface area contributed by atoms with Gasteiger partial charge in [-0.3, -0.25) is 4.79 Å². The smallest absolute Gasteiger partial charge is 0.256 e. The third-order valence-electron chi connectivity index (χ3n) is 3.08. The van der Waals surface area contributed by atoms with E-state index in [-0.39, 0.29) is 11.3 Å². The SMILES string of the molecule is O=C(Cl)c1c(F)c(-c2ccccc2)nc2ccccc12. The van der Waals surface area contributed by atoms with Crippen molar-refractivity contribution in [2.24, 2.45) is 0 Å². The predicted octanol–water partition coefficient (Wildman–Crippen LogP) is 4.42. The summed E-state index contributed by atoms with van der Waals surface area (Å²) >= 11 is 5.54. The summed E-state index contributed by atoms with van der Waals surface area (Å²) in [6, 6.07) is 15.7. The van der Waals surface area contributed by atoms with Crippen LogP contribution in [-0.4, -0.2) is 10.2 Å². The number of benzene rings is 2. The van der Waals surface area contributed by atoms with Crippen LogP contribution >= 0.6 is 11.6 Å². The number of rotatable bonds is 2. The van der Waals surface area contributed by atoms with Crippen molar-refractivity contribution in [3.8, 4) is 11.3 Å². The predicted molar refractivity (Wildman–Crippen MR) is 77.3 cm³/mol. The van der Waals surface area contributed by atoms with Crippen LogP contribution in [-0.2, 0) is 0 Å². The zero-order chi connectivity index (χ0) is 14.1. The van der Waals surface area contributed by atoms with Gasteiger partial charge in [-0.15, -0.1) is 0 Å². The van der Waals surface area contributed by atoms with Gasteiger partial charge in [0.05, 0.1) is 11.1 Å². The Balaban J connectivity index is 2.40. The fourth-order valence-corrected chi connectivity index (χ4v) is 2.35. The standard InChI is InChI=1S/C16H9ClFNO/c17-16(20)13-11-8-4-5-9-12(11)19-15(14(13)18)10-6-2-1-3-7-10/h1-9H. The molecular weight excluding hydrogens is 277 g/mol. The van der Waals surface area contributed by atoms with Crippen LogP contribution in [0.5, 0.6) is 0 Å². The summed E-state index contributed by atoms with van der Waals surface area (Å²) < 4.78 is 14.6. The number of halogens is 2. The molecule has 1 aromatic heterocycles. The summed E-state index contributed by atoms with van der Waals surface area (Å²) in [4.78, 5) is 15.9. The molecule has 0 atom stereocenters. The van der Waals surface area contributed by atoms with E-state index in [0.29, 0.717) is 16.5 Å². The van der Waals surface area contributed by atoms with Crippen LogP contribution in [0, 0.1) is 5.82 Å². The lowest BCUT2D eigenvalue weighted by Gasteiger charge is -2.09. The van der Waals surface area contributed by atoms with Crippen molar-refractivity contribution in [3.05, 3.63) is 66.0 Å². The number of carbonyl (C=O) groups excluding carboxylic acids is 1. The van der Waals surface area contributed by atoms with Gasteiger partial charge >= 0.3 is 0 Å². The molecule has 0 saturated heterocycles. The maximum atomic E-state index is 14.6. The molecule has 0 aliphatic carbocycles. The van der Waals surface area contributed by atoms with Crippen LogP contribution in [0.3, 0.4) is 0 Å². The molecule has 0 aliphatic rings. The van der Waals surface area contributed by atoms with Crippen molar-refractivity contribution < 1.29 is 9.18 Å². The van der Waals surface area contributed by atoms with Crippen LogP contribution in [0.4, 0.5) is 4.39 Å². The zero-order valence-electron chi connectivity index (χ0n) is 10.3. The summed E-state index contributed by atoms with van der Waals surface area (Å²) in [7, 11) is 0. The normalized spacial score (nSPS) is 10.7. The second-order valence-corrected chi connectivity index (χ2v) is 4.65. The Morgan fingerprint density at radius 3 is 2.35 bits per heavy atom. The maximum absolute atomic E-state index is 14.6. The fraction of sp³-hybridized carbons (Fsp3) is 0. The molecule has 20 heavy (non-hydrogen) atoms. The molecule has 2 nitrogen and oxygen atoms in total. The molecule has 0 saturated carbocycles. The average molecular weight is 286 g/mol. The lowest BCUT2D eigenvalue weighted by atomic mass is 10.0. The Labute approximate surface area is 119 Å². The first-order valence-corrected chi connectivity index (χ1v) is 6.40. The van der Waals surface area contributed by atoms with E-state index in [9.17, 15) is 9.18 Å². The van der Waals surface area contributed by atoms with Gasteiger partial charge in [0.25, 0.3) is 5.24 Å². The van der Waals surface area contributed by atoms with Gasteiger partial charge in [-0.05, 0) is 17.7 Å². The highest BCUT2D eigenvalue weighted by atomic mass is 35.5. The van der Waals surface area contributed by atoms with Gasteiger partial charge in [-0.25, -0.2) is 9.37 Å². The number of fused-ring (bicyclic) bond motifs is 1. The van der Waals surface area contributed by atoms with Gasteiger partial charge in [0.15, 0.2) is 5.82 Å². The molecular formula is C16H9ClFNO. The van der Waals surface area contributed by atoms with Crippen molar-refractivity contribution in [3.63, 3.8) is 0 Å². The first kappa shape index (κ1) is 12.8. The molecule has 0 N–H and O–H groups in total. The molecule has 0 amide bonds. The van der Waals surface area contributed by atoms with E-state index < -0.39 is 11.1 Å². The Morgan fingerprint density at radius 2 is 1.65 bits per heavy atom. The summed E-state index contributed by atoms with van der Waals surface area (Å²) in [5.74, 6) is -0.685. The molecule has 3 rings (SSSR count). The van der Waals surface area contributed by atoms with Crippen molar-refractivity contribution in [2.75, 3.05) is 0 Å².